The highest BCUT2D eigenvalue weighted by atomic mass is 32.1. The van der Waals surface area contributed by atoms with Crippen LogP contribution in [0.4, 0.5) is 0 Å². The SMILES string of the molecule is CCCCCn1cnc2sc(C(=O)NC(C)C3CC4CCC3C4)c(C)c2c1=O. The van der Waals surface area contributed by atoms with Gasteiger partial charge in [0.1, 0.15) is 4.83 Å². The van der Waals surface area contributed by atoms with Crippen molar-refractivity contribution < 1.29 is 4.79 Å². The molecule has 5 nitrogen and oxygen atoms in total. The van der Waals surface area contributed by atoms with Gasteiger partial charge in [0.25, 0.3) is 11.5 Å². The number of hydrogen-bond acceptors (Lipinski definition) is 4. The van der Waals surface area contributed by atoms with Crippen LogP contribution < -0.4 is 10.9 Å². The summed E-state index contributed by atoms with van der Waals surface area (Å²) in [6.07, 6.45) is 10.1. The molecule has 4 rings (SSSR count). The van der Waals surface area contributed by atoms with Gasteiger partial charge in [-0.15, -0.1) is 11.3 Å². The van der Waals surface area contributed by atoms with Crippen LogP contribution in [-0.4, -0.2) is 21.5 Å². The Morgan fingerprint density at radius 1 is 1.36 bits per heavy atom. The number of unbranched alkanes of at least 4 members (excludes halogenated alkanes) is 2. The minimum atomic E-state index is -0.0484. The number of fused-ring (bicyclic) bond motifs is 3. The maximum atomic E-state index is 13.0. The lowest BCUT2D eigenvalue weighted by atomic mass is 9.84. The molecule has 0 spiro atoms. The molecule has 2 fully saturated rings. The molecule has 1 amide bonds. The number of carbonyl (C=O) groups is 1. The molecule has 2 bridgehead atoms. The Morgan fingerprint density at radius 2 is 2.18 bits per heavy atom. The average molecular weight is 402 g/mol. The Morgan fingerprint density at radius 3 is 2.86 bits per heavy atom. The molecule has 1 N–H and O–H groups in total. The van der Waals surface area contributed by atoms with Gasteiger partial charge in [-0.05, 0) is 62.8 Å². The van der Waals surface area contributed by atoms with Crippen molar-refractivity contribution in [2.24, 2.45) is 17.8 Å². The standard InChI is InChI=1S/C22H31N3O2S/c1-4-5-6-9-25-12-23-21-18(22(25)27)13(2)19(28-21)20(26)24-14(3)17-11-15-7-8-16(17)10-15/h12,14-17H,4-11H2,1-3H3,(H,24,26). The molecule has 4 atom stereocenters. The Labute approximate surface area is 170 Å². The van der Waals surface area contributed by atoms with Crippen LogP contribution in [-0.2, 0) is 6.54 Å². The van der Waals surface area contributed by atoms with E-state index in [0.717, 1.165) is 36.7 Å². The van der Waals surface area contributed by atoms with Gasteiger partial charge in [-0.3, -0.25) is 14.2 Å². The summed E-state index contributed by atoms with van der Waals surface area (Å²) in [6, 6.07) is 0.186. The maximum Gasteiger partial charge on any atom is 0.262 e. The van der Waals surface area contributed by atoms with Crippen LogP contribution in [0.5, 0.6) is 0 Å². The van der Waals surface area contributed by atoms with Crippen molar-refractivity contribution in [1.82, 2.24) is 14.9 Å². The number of carbonyl (C=O) groups excluding carboxylic acids is 1. The average Bonchev–Trinajstić information content (AvgIpc) is 3.38. The third-order valence-corrected chi connectivity index (χ3v) is 8.12. The molecule has 0 saturated heterocycles. The number of nitrogens with zero attached hydrogens (tertiary/aromatic N) is 2. The van der Waals surface area contributed by atoms with E-state index in [2.05, 4.69) is 24.1 Å². The van der Waals surface area contributed by atoms with Crippen molar-refractivity contribution in [2.45, 2.75) is 78.3 Å². The van der Waals surface area contributed by atoms with Crippen molar-refractivity contribution >= 4 is 27.5 Å². The normalized spacial score (nSPS) is 24.8. The fraction of sp³-hybridized carbons (Fsp3) is 0.682. The molecule has 6 heteroatoms. The van der Waals surface area contributed by atoms with Crippen molar-refractivity contribution in [3.8, 4) is 0 Å². The van der Waals surface area contributed by atoms with E-state index >= 15 is 0 Å². The number of amides is 1. The number of aryl methyl sites for hydroxylation is 2. The van der Waals surface area contributed by atoms with Gasteiger partial charge in [0.05, 0.1) is 16.6 Å². The lowest BCUT2D eigenvalue weighted by Gasteiger charge is -2.28. The highest BCUT2D eigenvalue weighted by Gasteiger charge is 2.42. The van der Waals surface area contributed by atoms with Crippen LogP contribution in [0.1, 0.15) is 74.0 Å². The second-order valence-electron chi connectivity index (χ2n) is 8.79. The van der Waals surface area contributed by atoms with Gasteiger partial charge in [0.15, 0.2) is 0 Å². The fourth-order valence-corrected chi connectivity index (χ4v) is 6.40. The van der Waals surface area contributed by atoms with E-state index < -0.39 is 0 Å². The molecule has 2 aromatic rings. The Bertz CT molecular complexity index is 932. The quantitative estimate of drug-likeness (QED) is 0.694. The third-order valence-electron chi connectivity index (χ3n) is 6.92. The lowest BCUT2D eigenvalue weighted by Crippen LogP contribution is -2.40. The van der Waals surface area contributed by atoms with Crippen molar-refractivity contribution in [2.75, 3.05) is 0 Å². The van der Waals surface area contributed by atoms with Crippen LogP contribution in [0.2, 0.25) is 0 Å². The molecular weight excluding hydrogens is 370 g/mol. The van der Waals surface area contributed by atoms with E-state index in [0.29, 0.717) is 27.6 Å². The minimum Gasteiger partial charge on any atom is -0.349 e. The zero-order chi connectivity index (χ0) is 19.8. The van der Waals surface area contributed by atoms with Crippen molar-refractivity contribution in [3.05, 3.63) is 27.1 Å². The highest BCUT2D eigenvalue weighted by molar-refractivity contribution is 7.20. The molecule has 0 radical (unpaired) electrons. The molecule has 2 aliphatic rings. The zero-order valence-corrected chi connectivity index (χ0v) is 18.0. The van der Waals surface area contributed by atoms with Gasteiger partial charge in [-0.2, -0.15) is 0 Å². The smallest absolute Gasteiger partial charge is 0.262 e. The summed E-state index contributed by atoms with van der Waals surface area (Å²) in [6.45, 7) is 6.86. The lowest BCUT2D eigenvalue weighted by molar-refractivity contribution is 0.0919. The fourth-order valence-electron chi connectivity index (χ4n) is 5.35. The summed E-state index contributed by atoms with van der Waals surface area (Å²) >= 11 is 1.35. The van der Waals surface area contributed by atoms with E-state index in [4.69, 9.17) is 0 Å². The molecule has 2 heterocycles. The minimum absolute atomic E-state index is 0.0185. The summed E-state index contributed by atoms with van der Waals surface area (Å²) < 4.78 is 1.69. The number of thiophene rings is 1. The van der Waals surface area contributed by atoms with E-state index in [1.165, 1.54) is 37.0 Å². The zero-order valence-electron chi connectivity index (χ0n) is 17.2. The van der Waals surface area contributed by atoms with Crippen molar-refractivity contribution in [1.29, 1.82) is 0 Å². The number of aromatic nitrogens is 2. The molecule has 2 saturated carbocycles. The topological polar surface area (TPSA) is 64.0 Å². The predicted molar refractivity (Wildman–Crippen MR) is 114 cm³/mol. The number of hydrogen-bond donors (Lipinski definition) is 1. The highest BCUT2D eigenvalue weighted by Crippen LogP contribution is 2.49. The number of nitrogens with one attached hydrogen (secondary N) is 1. The van der Waals surface area contributed by atoms with Gasteiger partial charge in [0, 0.05) is 12.6 Å². The molecule has 0 aromatic carbocycles. The molecule has 4 unspecified atom stereocenters. The van der Waals surface area contributed by atoms with Crippen LogP contribution >= 0.6 is 11.3 Å². The van der Waals surface area contributed by atoms with Crippen molar-refractivity contribution in [3.63, 3.8) is 0 Å². The molecular formula is C22H31N3O2S. The molecule has 2 aromatic heterocycles. The Hall–Kier alpha value is -1.69. The summed E-state index contributed by atoms with van der Waals surface area (Å²) in [4.78, 5) is 31.7. The van der Waals surface area contributed by atoms with Crippen LogP contribution in [0.3, 0.4) is 0 Å². The van der Waals surface area contributed by atoms with Gasteiger partial charge in [-0.25, -0.2) is 4.98 Å². The summed E-state index contributed by atoms with van der Waals surface area (Å²) in [5, 5.41) is 3.85. The Balaban J connectivity index is 1.53. The summed E-state index contributed by atoms with van der Waals surface area (Å²) in [5.74, 6) is 2.20. The van der Waals surface area contributed by atoms with Gasteiger partial charge in [0.2, 0.25) is 0 Å². The van der Waals surface area contributed by atoms with Crippen LogP contribution in [0.15, 0.2) is 11.1 Å². The Kier molecular flexibility index (Phi) is 5.59. The second-order valence-corrected chi connectivity index (χ2v) is 9.79. The first-order chi connectivity index (χ1) is 13.5. The van der Waals surface area contributed by atoms with Crippen LogP contribution in [0.25, 0.3) is 10.2 Å². The monoisotopic (exact) mass is 401 g/mol. The molecule has 0 aliphatic heterocycles. The molecule has 152 valence electrons. The van der Waals surface area contributed by atoms with E-state index in [9.17, 15) is 9.59 Å². The third kappa shape index (κ3) is 3.51. The summed E-state index contributed by atoms with van der Waals surface area (Å²) in [7, 11) is 0. The van der Waals surface area contributed by atoms with E-state index in [1.807, 2.05) is 6.92 Å². The van der Waals surface area contributed by atoms with Crippen LogP contribution in [0, 0.1) is 24.7 Å². The van der Waals surface area contributed by atoms with E-state index in [-0.39, 0.29) is 17.5 Å². The number of rotatable bonds is 7. The predicted octanol–water partition coefficient (Wildman–Crippen LogP) is 4.51. The summed E-state index contributed by atoms with van der Waals surface area (Å²) in [5.41, 5.74) is 0.759. The second kappa shape index (κ2) is 7.97. The van der Waals surface area contributed by atoms with Gasteiger partial charge in [-0.1, -0.05) is 26.2 Å². The van der Waals surface area contributed by atoms with Gasteiger partial charge < -0.3 is 5.32 Å². The molecule has 28 heavy (non-hydrogen) atoms. The molecule has 2 aliphatic carbocycles. The first-order valence-corrected chi connectivity index (χ1v) is 11.6. The first-order valence-electron chi connectivity index (χ1n) is 10.8. The van der Waals surface area contributed by atoms with E-state index in [1.54, 1.807) is 10.9 Å². The van der Waals surface area contributed by atoms with Gasteiger partial charge >= 0.3 is 0 Å². The first kappa shape index (κ1) is 19.6. The largest absolute Gasteiger partial charge is 0.349 e. The maximum absolute atomic E-state index is 13.0.